The lowest BCUT2D eigenvalue weighted by atomic mass is 10.1. The van der Waals surface area contributed by atoms with E-state index in [1.807, 2.05) is 0 Å². The van der Waals surface area contributed by atoms with E-state index in [-0.39, 0.29) is 5.54 Å². The first-order valence-electron chi connectivity index (χ1n) is 10.1. The Bertz CT molecular complexity index is 527. The van der Waals surface area contributed by atoms with Crippen LogP contribution in [0, 0.1) is 0 Å². The molecule has 0 saturated carbocycles. The van der Waals surface area contributed by atoms with Crippen molar-refractivity contribution in [3.63, 3.8) is 0 Å². The van der Waals surface area contributed by atoms with Crippen molar-refractivity contribution in [2.45, 2.75) is 46.1 Å². The van der Waals surface area contributed by atoms with Gasteiger partial charge in [-0.1, -0.05) is 18.2 Å². The normalized spacial score (nSPS) is 16.6. The van der Waals surface area contributed by atoms with Crippen LogP contribution in [-0.2, 0) is 0 Å². The molecular formula is C21H37N5. The number of hydrogen-bond acceptors (Lipinski definition) is 3. The topological polar surface area (TPSA) is 42.9 Å². The molecule has 0 aliphatic carbocycles. The number of guanidine groups is 1. The van der Waals surface area contributed by atoms with E-state index in [4.69, 9.17) is 4.99 Å². The Morgan fingerprint density at radius 3 is 2.35 bits per heavy atom. The Balaban J connectivity index is 1.63. The zero-order valence-electron chi connectivity index (χ0n) is 17.1. The second kappa shape index (κ2) is 10.4. The molecule has 0 atom stereocenters. The van der Waals surface area contributed by atoms with Crippen LogP contribution < -0.4 is 15.5 Å². The molecule has 1 aromatic carbocycles. The van der Waals surface area contributed by atoms with Gasteiger partial charge in [-0.15, -0.1) is 0 Å². The van der Waals surface area contributed by atoms with E-state index >= 15 is 0 Å². The Kier molecular flexibility index (Phi) is 8.23. The lowest BCUT2D eigenvalue weighted by molar-refractivity contribution is 0.253. The second-order valence-electron chi connectivity index (χ2n) is 8.01. The van der Waals surface area contributed by atoms with Gasteiger partial charge in [-0.25, -0.2) is 0 Å². The molecule has 5 nitrogen and oxygen atoms in total. The highest BCUT2D eigenvalue weighted by molar-refractivity contribution is 5.80. The molecule has 1 saturated heterocycles. The van der Waals surface area contributed by atoms with Crippen LogP contribution in [0.5, 0.6) is 0 Å². The average molecular weight is 360 g/mol. The number of aliphatic imine (C=N–C) groups is 1. The summed E-state index contributed by atoms with van der Waals surface area (Å²) in [6, 6.07) is 10.7. The molecule has 0 unspecified atom stereocenters. The first-order chi connectivity index (χ1) is 12.5. The number of hydrogen-bond donors (Lipinski definition) is 2. The van der Waals surface area contributed by atoms with Crippen LogP contribution in [0.2, 0.25) is 0 Å². The van der Waals surface area contributed by atoms with E-state index in [0.717, 1.165) is 51.6 Å². The van der Waals surface area contributed by atoms with Crippen molar-refractivity contribution in [2.75, 3.05) is 50.7 Å². The monoisotopic (exact) mass is 359 g/mol. The van der Waals surface area contributed by atoms with Gasteiger partial charge < -0.3 is 15.5 Å². The number of anilines is 1. The predicted octanol–water partition coefficient (Wildman–Crippen LogP) is 2.94. The van der Waals surface area contributed by atoms with Crippen molar-refractivity contribution >= 4 is 11.6 Å². The third kappa shape index (κ3) is 7.65. The summed E-state index contributed by atoms with van der Waals surface area (Å²) in [5.74, 6) is 0.927. The van der Waals surface area contributed by atoms with Gasteiger partial charge in [-0.05, 0) is 59.2 Å². The van der Waals surface area contributed by atoms with Gasteiger partial charge in [-0.2, -0.15) is 0 Å². The predicted molar refractivity (Wildman–Crippen MR) is 113 cm³/mol. The Labute approximate surface area is 159 Å². The summed E-state index contributed by atoms with van der Waals surface area (Å²) in [5.41, 5.74) is 1.39. The first kappa shape index (κ1) is 20.6. The number of nitrogens with zero attached hydrogens (tertiary/aromatic N) is 3. The van der Waals surface area contributed by atoms with Crippen LogP contribution in [0.1, 0.15) is 40.5 Å². The largest absolute Gasteiger partial charge is 0.369 e. The van der Waals surface area contributed by atoms with Gasteiger partial charge in [0.1, 0.15) is 0 Å². The Morgan fingerprint density at radius 2 is 1.73 bits per heavy atom. The molecule has 146 valence electrons. The summed E-state index contributed by atoms with van der Waals surface area (Å²) >= 11 is 0. The van der Waals surface area contributed by atoms with Gasteiger partial charge in [0.2, 0.25) is 0 Å². The standard InChI is InChI=1S/C21H37N5/c1-5-22-20(24-21(2,3)4)23-13-9-10-14-25-15-17-26(18-16-25)19-11-7-6-8-12-19/h6-8,11-12H,5,9-10,13-18H2,1-4H3,(H2,22,23,24). The number of unbranched alkanes of at least 4 members (excludes halogenated alkanes) is 1. The highest BCUT2D eigenvalue weighted by atomic mass is 15.3. The van der Waals surface area contributed by atoms with E-state index in [0.29, 0.717) is 0 Å². The maximum absolute atomic E-state index is 4.70. The van der Waals surface area contributed by atoms with Crippen LogP contribution in [0.15, 0.2) is 35.3 Å². The molecular weight excluding hydrogens is 322 g/mol. The number of benzene rings is 1. The van der Waals surface area contributed by atoms with Crippen molar-refractivity contribution in [1.82, 2.24) is 15.5 Å². The fraction of sp³-hybridized carbons (Fsp3) is 0.667. The smallest absolute Gasteiger partial charge is 0.191 e. The Morgan fingerprint density at radius 1 is 1.04 bits per heavy atom. The number of piperazine rings is 1. The zero-order valence-corrected chi connectivity index (χ0v) is 17.1. The minimum absolute atomic E-state index is 0.0411. The highest BCUT2D eigenvalue weighted by Gasteiger charge is 2.16. The average Bonchev–Trinajstić information content (AvgIpc) is 2.61. The zero-order chi connectivity index (χ0) is 18.8. The number of rotatable bonds is 7. The third-order valence-electron chi connectivity index (χ3n) is 4.48. The molecule has 1 aliphatic rings. The van der Waals surface area contributed by atoms with Gasteiger partial charge in [0.05, 0.1) is 0 Å². The summed E-state index contributed by atoms with van der Waals surface area (Å²) < 4.78 is 0. The fourth-order valence-electron chi connectivity index (χ4n) is 3.17. The van der Waals surface area contributed by atoms with Crippen molar-refractivity contribution < 1.29 is 0 Å². The van der Waals surface area contributed by atoms with E-state index in [1.54, 1.807) is 0 Å². The van der Waals surface area contributed by atoms with Gasteiger partial charge in [0.25, 0.3) is 0 Å². The molecule has 0 radical (unpaired) electrons. The summed E-state index contributed by atoms with van der Waals surface area (Å²) in [6.45, 7) is 16.1. The first-order valence-corrected chi connectivity index (χ1v) is 10.1. The minimum atomic E-state index is 0.0411. The van der Waals surface area contributed by atoms with E-state index in [9.17, 15) is 0 Å². The fourth-order valence-corrected chi connectivity index (χ4v) is 3.17. The summed E-state index contributed by atoms with van der Waals surface area (Å²) in [7, 11) is 0. The van der Waals surface area contributed by atoms with Crippen molar-refractivity contribution in [2.24, 2.45) is 4.99 Å². The summed E-state index contributed by atoms with van der Waals surface area (Å²) in [4.78, 5) is 9.77. The van der Waals surface area contributed by atoms with Crippen LogP contribution in [-0.4, -0.2) is 62.2 Å². The van der Waals surface area contributed by atoms with Gasteiger partial charge >= 0.3 is 0 Å². The highest BCUT2D eigenvalue weighted by Crippen LogP contribution is 2.15. The van der Waals surface area contributed by atoms with E-state index < -0.39 is 0 Å². The van der Waals surface area contributed by atoms with Gasteiger partial charge in [0.15, 0.2) is 5.96 Å². The molecule has 1 fully saturated rings. The van der Waals surface area contributed by atoms with Crippen LogP contribution in [0.3, 0.4) is 0 Å². The lowest BCUT2D eigenvalue weighted by Crippen LogP contribution is -2.47. The molecule has 2 N–H and O–H groups in total. The molecule has 0 bridgehead atoms. The molecule has 2 rings (SSSR count). The summed E-state index contributed by atoms with van der Waals surface area (Å²) in [6.07, 6.45) is 2.35. The van der Waals surface area contributed by atoms with Gasteiger partial charge in [-0.3, -0.25) is 9.89 Å². The molecule has 0 aromatic heterocycles. The van der Waals surface area contributed by atoms with Crippen molar-refractivity contribution in [1.29, 1.82) is 0 Å². The quantitative estimate of drug-likeness (QED) is 0.446. The van der Waals surface area contributed by atoms with E-state index in [2.05, 4.69) is 78.5 Å². The summed E-state index contributed by atoms with van der Waals surface area (Å²) in [5, 5.41) is 6.76. The molecule has 1 heterocycles. The lowest BCUT2D eigenvalue weighted by Gasteiger charge is -2.36. The molecule has 0 amide bonds. The van der Waals surface area contributed by atoms with Crippen molar-refractivity contribution in [3.8, 4) is 0 Å². The molecule has 0 spiro atoms. The van der Waals surface area contributed by atoms with Crippen molar-refractivity contribution in [3.05, 3.63) is 30.3 Å². The van der Waals surface area contributed by atoms with E-state index in [1.165, 1.54) is 18.7 Å². The van der Waals surface area contributed by atoms with Crippen LogP contribution >= 0.6 is 0 Å². The molecule has 26 heavy (non-hydrogen) atoms. The second-order valence-corrected chi connectivity index (χ2v) is 8.01. The maximum Gasteiger partial charge on any atom is 0.191 e. The maximum atomic E-state index is 4.70. The minimum Gasteiger partial charge on any atom is -0.369 e. The van der Waals surface area contributed by atoms with Crippen LogP contribution in [0.25, 0.3) is 0 Å². The van der Waals surface area contributed by atoms with Gasteiger partial charge in [0, 0.05) is 50.5 Å². The molecule has 5 heteroatoms. The number of para-hydroxylation sites is 1. The third-order valence-corrected chi connectivity index (χ3v) is 4.48. The Hall–Kier alpha value is -1.75. The SMILES string of the molecule is CCNC(=NCCCCN1CCN(c2ccccc2)CC1)NC(C)(C)C. The van der Waals surface area contributed by atoms with Crippen LogP contribution in [0.4, 0.5) is 5.69 Å². The molecule has 1 aromatic rings. The number of nitrogens with one attached hydrogen (secondary N) is 2. The molecule has 1 aliphatic heterocycles.